The normalized spacial score (nSPS) is 14.4. The smallest absolute Gasteiger partial charge is 0.209 e. The van der Waals surface area contributed by atoms with Crippen LogP contribution in [0.2, 0.25) is 0 Å². The van der Waals surface area contributed by atoms with Gasteiger partial charge in [-0.05, 0) is 47.5 Å². The van der Waals surface area contributed by atoms with E-state index in [-0.39, 0.29) is 52.3 Å². The molecule has 0 bridgehead atoms. The van der Waals surface area contributed by atoms with Crippen molar-refractivity contribution in [2.24, 2.45) is 0 Å². The van der Waals surface area contributed by atoms with Crippen molar-refractivity contribution in [1.29, 1.82) is 0 Å². The van der Waals surface area contributed by atoms with Gasteiger partial charge in [-0.2, -0.15) is 48.5 Å². The second-order valence-corrected chi connectivity index (χ2v) is 12.3. The van der Waals surface area contributed by atoms with Gasteiger partial charge in [0.15, 0.2) is 0 Å². The first-order valence-corrected chi connectivity index (χ1v) is 14.4. The van der Waals surface area contributed by atoms with E-state index in [2.05, 4.69) is 12.1 Å². The van der Waals surface area contributed by atoms with Crippen molar-refractivity contribution in [3.05, 3.63) is 127 Å². The van der Waals surface area contributed by atoms with Crippen LogP contribution in [0.5, 0.6) is 0 Å². The average Bonchev–Trinajstić information content (AvgIpc) is 2.94. The number of rotatable bonds is 4. The third-order valence-electron chi connectivity index (χ3n) is 6.28. The summed E-state index contributed by atoms with van der Waals surface area (Å²) in [6, 6.07) is 39.6. The molecule has 0 amide bonds. The molecule has 1 aliphatic rings. The van der Waals surface area contributed by atoms with Gasteiger partial charge in [0, 0.05) is 38.4 Å². The van der Waals surface area contributed by atoms with Crippen molar-refractivity contribution in [3.8, 4) is 11.1 Å². The first kappa shape index (κ1) is 26.5. The third kappa shape index (κ3) is 4.43. The van der Waals surface area contributed by atoms with E-state index in [0.29, 0.717) is 5.56 Å². The van der Waals surface area contributed by atoms with Crippen molar-refractivity contribution in [3.63, 3.8) is 0 Å². The quantitative estimate of drug-likeness (QED) is 0.216. The Hall–Kier alpha value is -3.10. The van der Waals surface area contributed by atoms with Crippen LogP contribution in [0.4, 0.5) is 17.1 Å². The summed E-state index contributed by atoms with van der Waals surface area (Å²) in [4.78, 5) is 1.24. The summed E-state index contributed by atoms with van der Waals surface area (Å²) in [6.07, 6.45) is 0. The van der Waals surface area contributed by atoms with Gasteiger partial charge >= 0.3 is 0 Å². The molecule has 0 aromatic heterocycles. The fourth-order valence-corrected chi connectivity index (χ4v) is 8.67. The maximum absolute atomic E-state index is 13.3. The van der Waals surface area contributed by atoms with Crippen LogP contribution in [-0.2, 0) is 52.4 Å². The molecule has 1 aliphatic heterocycles. The van der Waals surface area contributed by atoms with Crippen LogP contribution >= 0.6 is 0 Å². The molecule has 0 unspecified atom stereocenters. The molecule has 5 nitrogen and oxygen atoms in total. The molecule has 0 saturated heterocycles. The van der Waals surface area contributed by atoms with Crippen LogP contribution in [-0.4, -0.2) is 16.8 Å². The Balaban J connectivity index is 0.00000294. The molecular weight excluding hydrogens is 591 g/mol. The van der Waals surface area contributed by atoms with Gasteiger partial charge in [-0.25, -0.2) is 16.8 Å². The Morgan fingerprint density at radius 3 is 1.50 bits per heavy atom. The SMILES string of the molecule is O=S1(=O)c2ccccc2S(=O)(=O)c2cc(-c3ccc(N(c4[c-]cccc4)c4[c-]cccc4)cc3)ccc21.[Y]. The second kappa shape index (κ2) is 10.2. The largest absolute Gasteiger partial charge is 0.359 e. The predicted molar refractivity (Wildman–Crippen MR) is 142 cm³/mol. The number of benzene rings is 5. The van der Waals surface area contributed by atoms with E-state index in [1.165, 1.54) is 36.4 Å². The maximum atomic E-state index is 13.3. The molecule has 0 saturated carbocycles. The Morgan fingerprint density at radius 1 is 0.500 bits per heavy atom. The fraction of sp³-hybridized carbons (Fsp3) is 0. The average molecular weight is 611 g/mol. The zero-order chi connectivity index (χ0) is 25.6. The molecule has 0 N–H and O–H groups in total. The van der Waals surface area contributed by atoms with E-state index in [0.717, 1.165) is 22.6 Å². The number of nitrogens with zero attached hydrogens (tertiary/aromatic N) is 1. The Morgan fingerprint density at radius 2 is 0.974 bits per heavy atom. The van der Waals surface area contributed by atoms with Crippen molar-refractivity contribution in [1.82, 2.24) is 0 Å². The van der Waals surface area contributed by atoms with Crippen LogP contribution < -0.4 is 4.90 Å². The summed E-state index contributed by atoms with van der Waals surface area (Å²) in [6.45, 7) is 0. The van der Waals surface area contributed by atoms with Crippen LogP contribution in [0.15, 0.2) is 135 Å². The van der Waals surface area contributed by atoms with Gasteiger partial charge in [-0.3, -0.25) is 0 Å². The van der Waals surface area contributed by atoms with Crippen molar-refractivity contribution >= 4 is 36.7 Å². The molecule has 185 valence electrons. The van der Waals surface area contributed by atoms with Gasteiger partial charge in [-0.15, -0.1) is 12.1 Å². The molecule has 38 heavy (non-hydrogen) atoms. The molecule has 0 atom stereocenters. The number of hydrogen-bond acceptors (Lipinski definition) is 5. The number of fused-ring (bicyclic) bond motifs is 2. The van der Waals surface area contributed by atoms with Gasteiger partial charge in [0.25, 0.3) is 0 Å². The van der Waals surface area contributed by atoms with E-state index >= 15 is 0 Å². The van der Waals surface area contributed by atoms with Crippen LogP contribution in [0.25, 0.3) is 11.1 Å². The van der Waals surface area contributed by atoms with Gasteiger partial charge in [0.1, 0.15) is 0 Å². The van der Waals surface area contributed by atoms with Crippen LogP contribution in [0, 0.1) is 12.1 Å². The summed E-state index contributed by atoms with van der Waals surface area (Å²) >= 11 is 0. The van der Waals surface area contributed by atoms with Gasteiger partial charge < -0.3 is 4.90 Å². The topological polar surface area (TPSA) is 71.5 Å². The first-order chi connectivity index (χ1) is 17.9. The minimum Gasteiger partial charge on any atom is -0.359 e. The van der Waals surface area contributed by atoms with Crippen LogP contribution in [0.1, 0.15) is 0 Å². The predicted octanol–water partition coefficient (Wildman–Crippen LogP) is 6.40. The summed E-state index contributed by atoms with van der Waals surface area (Å²) in [5, 5.41) is 0. The monoisotopic (exact) mass is 610 g/mol. The van der Waals surface area contributed by atoms with Gasteiger partial charge in [-0.1, -0.05) is 41.7 Å². The Labute approximate surface area is 247 Å². The molecule has 5 aromatic rings. The van der Waals surface area contributed by atoms with Crippen molar-refractivity contribution < 1.29 is 49.5 Å². The zero-order valence-electron chi connectivity index (χ0n) is 19.9. The molecule has 8 heteroatoms. The van der Waals surface area contributed by atoms with E-state index in [1.54, 1.807) is 6.07 Å². The maximum Gasteiger partial charge on any atom is 0.209 e. The molecule has 6 rings (SSSR count). The Kier molecular flexibility index (Phi) is 7.14. The summed E-state index contributed by atoms with van der Waals surface area (Å²) in [5.41, 5.74) is 3.93. The minimum atomic E-state index is -3.99. The van der Waals surface area contributed by atoms with Gasteiger partial charge in [0.05, 0.1) is 19.6 Å². The van der Waals surface area contributed by atoms with Gasteiger partial charge in [0.2, 0.25) is 19.7 Å². The molecule has 1 heterocycles. The molecule has 5 aromatic carbocycles. The van der Waals surface area contributed by atoms with Crippen molar-refractivity contribution in [2.75, 3.05) is 4.90 Å². The van der Waals surface area contributed by atoms with E-state index < -0.39 is 19.7 Å². The number of sulfone groups is 2. The second-order valence-electron chi connectivity index (χ2n) is 8.49. The summed E-state index contributed by atoms with van der Waals surface area (Å²) in [7, 11) is -7.94. The molecule has 1 radical (unpaired) electrons. The third-order valence-corrected chi connectivity index (χ3v) is 10.3. The first-order valence-electron chi connectivity index (χ1n) is 11.4. The van der Waals surface area contributed by atoms with Crippen LogP contribution in [0.3, 0.4) is 0 Å². The number of para-hydroxylation sites is 2. The van der Waals surface area contributed by atoms with E-state index in [1.807, 2.05) is 77.7 Å². The Bertz CT molecular complexity index is 1800. The standard InChI is InChI=1S/C30H19NO4S2.Y/c32-36(33)27-13-7-8-14-28(27)37(34,35)30-21-23(17-20-29(30)36)22-15-18-26(19-16-22)31(24-9-3-1-4-10-24)25-11-5-2-6-12-25;/h1-9,11,13-21H;/q-2;. The van der Waals surface area contributed by atoms with E-state index in [4.69, 9.17) is 0 Å². The molecule has 0 aliphatic carbocycles. The molecule has 0 fully saturated rings. The minimum absolute atomic E-state index is 0. The number of anilines is 3. The molecular formula is C30H19NO4S2Y-2. The van der Waals surface area contributed by atoms with E-state index in [9.17, 15) is 16.8 Å². The summed E-state index contributed by atoms with van der Waals surface area (Å²) < 4.78 is 53.0. The number of hydrogen-bond donors (Lipinski definition) is 0. The van der Waals surface area contributed by atoms with Crippen molar-refractivity contribution in [2.45, 2.75) is 19.6 Å². The fourth-order valence-electron chi connectivity index (χ4n) is 4.51. The zero-order valence-corrected chi connectivity index (χ0v) is 24.4. The summed E-state index contributed by atoms with van der Waals surface area (Å²) in [5.74, 6) is 0. The molecule has 0 spiro atoms.